The minimum atomic E-state index is -0.613. The first-order valence-electron chi connectivity index (χ1n) is 9.29. The zero-order valence-corrected chi connectivity index (χ0v) is 16.3. The number of non-ortho nitro benzene ring substituents is 1. The van der Waals surface area contributed by atoms with Crippen LogP contribution in [0.4, 0.5) is 5.69 Å². The molecule has 0 spiro atoms. The van der Waals surface area contributed by atoms with Crippen molar-refractivity contribution in [1.29, 1.82) is 0 Å². The Labute approximate surface area is 177 Å². The van der Waals surface area contributed by atoms with E-state index in [0.29, 0.717) is 11.5 Å². The monoisotopic (exact) mass is 421 g/mol. The molecule has 2 amide bonds. The maximum atomic E-state index is 12.5. The van der Waals surface area contributed by atoms with Crippen LogP contribution in [0, 0.1) is 10.1 Å². The van der Waals surface area contributed by atoms with E-state index in [4.69, 9.17) is 9.47 Å². The molecule has 0 aliphatic rings. The minimum absolute atomic E-state index is 0.136. The SMILES string of the molecule is O=C(NNC(=O)c1ccccc1OCCOc1ccccc1)c1ccc([N+](=O)[O-])cc1. The normalized spacial score (nSPS) is 10.1. The van der Waals surface area contributed by atoms with Crippen LogP contribution >= 0.6 is 0 Å². The number of hydrogen-bond acceptors (Lipinski definition) is 6. The number of nitrogens with one attached hydrogen (secondary N) is 2. The van der Waals surface area contributed by atoms with Crippen molar-refractivity contribution in [1.82, 2.24) is 10.9 Å². The largest absolute Gasteiger partial charge is 0.490 e. The summed E-state index contributed by atoms with van der Waals surface area (Å²) in [6.07, 6.45) is 0. The molecule has 0 bridgehead atoms. The van der Waals surface area contributed by atoms with Crippen molar-refractivity contribution in [3.63, 3.8) is 0 Å². The number of carbonyl (C=O) groups excluding carboxylic acids is 2. The molecule has 2 N–H and O–H groups in total. The van der Waals surface area contributed by atoms with Crippen LogP contribution in [0.15, 0.2) is 78.9 Å². The van der Waals surface area contributed by atoms with Gasteiger partial charge in [-0.1, -0.05) is 30.3 Å². The van der Waals surface area contributed by atoms with Gasteiger partial charge in [0.1, 0.15) is 24.7 Å². The van der Waals surface area contributed by atoms with Gasteiger partial charge in [0.15, 0.2) is 0 Å². The van der Waals surface area contributed by atoms with E-state index in [2.05, 4.69) is 10.9 Å². The second-order valence-corrected chi connectivity index (χ2v) is 6.22. The van der Waals surface area contributed by atoms with E-state index in [1.165, 1.54) is 24.3 Å². The molecule has 0 saturated carbocycles. The summed E-state index contributed by atoms with van der Waals surface area (Å²) in [6.45, 7) is 0.505. The number of amides is 2. The molecule has 0 aliphatic carbocycles. The van der Waals surface area contributed by atoms with Crippen LogP contribution in [0.2, 0.25) is 0 Å². The van der Waals surface area contributed by atoms with Crippen LogP contribution in [0.5, 0.6) is 11.5 Å². The maximum Gasteiger partial charge on any atom is 0.273 e. The molecule has 0 saturated heterocycles. The summed E-state index contributed by atoms with van der Waals surface area (Å²) in [5.74, 6) is -0.139. The summed E-state index contributed by atoms with van der Waals surface area (Å²) >= 11 is 0. The Morgan fingerprint density at radius 3 is 2.10 bits per heavy atom. The summed E-state index contributed by atoms with van der Waals surface area (Å²) in [6, 6.07) is 20.8. The van der Waals surface area contributed by atoms with Crippen molar-refractivity contribution in [3.8, 4) is 11.5 Å². The molecule has 158 valence electrons. The van der Waals surface area contributed by atoms with E-state index in [0.717, 1.165) is 0 Å². The molecule has 9 heteroatoms. The highest BCUT2D eigenvalue weighted by atomic mass is 16.6. The van der Waals surface area contributed by atoms with Gasteiger partial charge in [-0.25, -0.2) is 0 Å². The zero-order valence-electron chi connectivity index (χ0n) is 16.3. The lowest BCUT2D eigenvalue weighted by Gasteiger charge is -2.13. The molecule has 0 aliphatic heterocycles. The molecule has 0 unspecified atom stereocenters. The fraction of sp³-hybridized carbons (Fsp3) is 0.0909. The number of nitrogens with zero attached hydrogens (tertiary/aromatic N) is 1. The highest BCUT2D eigenvalue weighted by Crippen LogP contribution is 2.18. The Hall–Kier alpha value is -4.40. The van der Waals surface area contributed by atoms with Crippen LogP contribution in [-0.2, 0) is 0 Å². The molecule has 0 atom stereocenters. The van der Waals surface area contributed by atoms with Gasteiger partial charge in [-0.15, -0.1) is 0 Å². The first kappa shape index (κ1) is 21.3. The number of hydrogen-bond donors (Lipinski definition) is 2. The van der Waals surface area contributed by atoms with Crippen molar-refractivity contribution >= 4 is 17.5 Å². The van der Waals surface area contributed by atoms with Gasteiger partial charge in [0.25, 0.3) is 17.5 Å². The van der Waals surface area contributed by atoms with E-state index in [1.54, 1.807) is 24.3 Å². The maximum absolute atomic E-state index is 12.5. The van der Waals surface area contributed by atoms with Crippen molar-refractivity contribution in [3.05, 3.63) is 100 Å². The van der Waals surface area contributed by atoms with Crippen LogP contribution < -0.4 is 20.3 Å². The van der Waals surface area contributed by atoms with Gasteiger partial charge >= 0.3 is 0 Å². The van der Waals surface area contributed by atoms with Crippen LogP contribution in [0.25, 0.3) is 0 Å². The van der Waals surface area contributed by atoms with Gasteiger partial charge in [-0.3, -0.25) is 30.6 Å². The average Bonchev–Trinajstić information content (AvgIpc) is 2.81. The highest BCUT2D eigenvalue weighted by Gasteiger charge is 2.14. The second kappa shape index (κ2) is 10.4. The van der Waals surface area contributed by atoms with Crippen LogP contribution in [-0.4, -0.2) is 30.0 Å². The molecular weight excluding hydrogens is 402 g/mol. The zero-order chi connectivity index (χ0) is 22.1. The number of nitro groups is 1. The predicted molar refractivity (Wildman–Crippen MR) is 112 cm³/mol. The topological polar surface area (TPSA) is 120 Å². The summed E-state index contributed by atoms with van der Waals surface area (Å²) in [4.78, 5) is 34.7. The summed E-state index contributed by atoms with van der Waals surface area (Å²) in [5.41, 5.74) is 4.83. The molecule has 3 aromatic rings. The Balaban J connectivity index is 1.53. The van der Waals surface area contributed by atoms with E-state index in [-0.39, 0.29) is 30.0 Å². The molecule has 31 heavy (non-hydrogen) atoms. The van der Waals surface area contributed by atoms with E-state index < -0.39 is 16.7 Å². The van der Waals surface area contributed by atoms with Crippen LogP contribution in [0.1, 0.15) is 20.7 Å². The first-order chi connectivity index (χ1) is 15.0. The first-order valence-corrected chi connectivity index (χ1v) is 9.29. The van der Waals surface area contributed by atoms with Gasteiger partial charge in [0.05, 0.1) is 10.5 Å². The Morgan fingerprint density at radius 1 is 0.774 bits per heavy atom. The van der Waals surface area contributed by atoms with Gasteiger partial charge in [-0.05, 0) is 36.4 Å². The number of rotatable bonds is 8. The third-order valence-corrected chi connectivity index (χ3v) is 4.11. The van der Waals surface area contributed by atoms with Crippen molar-refractivity contribution in [2.24, 2.45) is 0 Å². The Bertz CT molecular complexity index is 1050. The molecule has 0 radical (unpaired) electrons. The number of nitro benzene ring substituents is 1. The molecule has 9 nitrogen and oxygen atoms in total. The molecule has 0 fully saturated rings. The summed E-state index contributed by atoms with van der Waals surface area (Å²) in [5, 5.41) is 10.7. The molecule has 3 aromatic carbocycles. The lowest BCUT2D eigenvalue weighted by atomic mass is 10.2. The lowest BCUT2D eigenvalue weighted by Crippen LogP contribution is -2.41. The fourth-order valence-corrected chi connectivity index (χ4v) is 2.60. The van der Waals surface area contributed by atoms with E-state index in [1.807, 2.05) is 30.3 Å². The number of para-hydroxylation sites is 2. The Morgan fingerprint density at radius 2 is 1.39 bits per heavy atom. The predicted octanol–water partition coefficient (Wildman–Crippen LogP) is 3.13. The molecule has 0 heterocycles. The van der Waals surface area contributed by atoms with Gasteiger partial charge in [0.2, 0.25) is 0 Å². The van der Waals surface area contributed by atoms with E-state index >= 15 is 0 Å². The fourth-order valence-electron chi connectivity index (χ4n) is 2.60. The second-order valence-electron chi connectivity index (χ2n) is 6.22. The molecule has 0 aromatic heterocycles. The van der Waals surface area contributed by atoms with Crippen molar-refractivity contribution < 1.29 is 24.0 Å². The Kier molecular flexibility index (Phi) is 7.15. The van der Waals surface area contributed by atoms with Crippen molar-refractivity contribution in [2.75, 3.05) is 13.2 Å². The van der Waals surface area contributed by atoms with Crippen molar-refractivity contribution in [2.45, 2.75) is 0 Å². The van der Waals surface area contributed by atoms with Gasteiger partial charge < -0.3 is 9.47 Å². The summed E-state index contributed by atoms with van der Waals surface area (Å²) in [7, 11) is 0. The van der Waals surface area contributed by atoms with E-state index in [9.17, 15) is 19.7 Å². The van der Waals surface area contributed by atoms with Gasteiger partial charge in [-0.2, -0.15) is 0 Å². The van der Waals surface area contributed by atoms with Crippen LogP contribution in [0.3, 0.4) is 0 Å². The number of ether oxygens (including phenoxy) is 2. The molecule has 3 rings (SSSR count). The average molecular weight is 421 g/mol. The minimum Gasteiger partial charge on any atom is -0.490 e. The smallest absolute Gasteiger partial charge is 0.273 e. The molecular formula is C22H19N3O6. The number of hydrazine groups is 1. The number of benzene rings is 3. The highest BCUT2D eigenvalue weighted by molar-refractivity contribution is 6.00. The third-order valence-electron chi connectivity index (χ3n) is 4.11. The number of carbonyl (C=O) groups is 2. The summed E-state index contributed by atoms with van der Waals surface area (Å²) < 4.78 is 11.2. The lowest BCUT2D eigenvalue weighted by molar-refractivity contribution is -0.384. The standard InChI is InChI=1S/C22H19N3O6/c26-21(16-10-12-17(13-11-16)25(28)29)23-24-22(27)19-8-4-5-9-20(19)31-15-14-30-18-6-2-1-3-7-18/h1-13H,14-15H2,(H,23,26)(H,24,27). The third kappa shape index (κ3) is 6.04. The van der Waals surface area contributed by atoms with Gasteiger partial charge in [0, 0.05) is 17.7 Å². The quantitative estimate of drug-likeness (QED) is 0.328.